The number of halogens is 1. The monoisotopic (exact) mass is 353 g/mol. The number of carbonyl (C=O) groups is 1. The van der Waals surface area contributed by atoms with Crippen LogP contribution in [0.4, 0.5) is 0 Å². The fourth-order valence-electron chi connectivity index (χ4n) is 2.16. The quantitative estimate of drug-likeness (QED) is 0.862. The average Bonchev–Trinajstić information content (AvgIpc) is 2.86. The Morgan fingerprint density at radius 2 is 2.11 bits per heavy atom. The van der Waals surface area contributed by atoms with Gasteiger partial charge in [0.2, 0.25) is 0 Å². The lowest BCUT2D eigenvalue weighted by atomic mass is 10.0. The molecule has 1 amide bonds. The van der Waals surface area contributed by atoms with E-state index in [4.69, 9.17) is 0 Å². The van der Waals surface area contributed by atoms with Gasteiger partial charge in [0.25, 0.3) is 5.91 Å². The number of thioether (sulfide) groups is 1. The number of nitrogens with one attached hydrogen (secondary N) is 1. The highest BCUT2D eigenvalue weighted by molar-refractivity contribution is 9.11. The number of fused-ring (bicyclic) bond motifs is 1. The Balaban J connectivity index is 1.79. The standard InChI is InChI=1S/C14H12BrNOS2/c15-13-6-5-12(19-13)14(17)16-10-7-8-18-11-4-2-1-3-9(10)11/h1-6,10H,7-8H2,(H,16,17). The molecule has 3 rings (SSSR count). The van der Waals surface area contributed by atoms with Crippen LogP contribution in [0.15, 0.2) is 45.1 Å². The molecule has 1 aliphatic rings. The molecular formula is C14H12BrNOS2. The molecule has 0 saturated carbocycles. The first-order chi connectivity index (χ1) is 9.24. The zero-order valence-electron chi connectivity index (χ0n) is 10.1. The van der Waals surface area contributed by atoms with Gasteiger partial charge in [0, 0.05) is 10.6 Å². The third-order valence-corrected chi connectivity index (χ3v) is 5.81. The molecule has 0 aliphatic carbocycles. The molecule has 1 aliphatic heterocycles. The number of hydrogen-bond acceptors (Lipinski definition) is 3. The van der Waals surface area contributed by atoms with E-state index in [1.807, 2.05) is 36.0 Å². The molecule has 5 heteroatoms. The van der Waals surface area contributed by atoms with Crippen LogP contribution in [0.25, 0.3) is 0 Å². The van der Waals surface area contributed by atoms with Crippen LogP contribution in [-0.4, -0.2) is 11.7 Å². The van der Waals surface area contributed by atoms with Crippen molar-refractivity contribution in [1.29, 1.82) is 0 Å². The fraction of sp³-hybridized carbons (Fsp3) is 0.214. The van der Waals surface area contributed by atoms with Crippen LogP contribution in [0.5, 0.6) is 0 Å². The van der Waals surface area contributed by atoms with E-state index in [-0.39, 0.29) is 11.9 Å². The lowest BCUT2D eigenvalue weighted by molar-refractivity contribution is 0.0939. The molecule has 0 fully saturated rings. The summed E-state index contributed by atoms with van der Waals surface area (Å²) in [7, 11) is 0. The van der Waals surface area contributed by atoms with Gasteiger partial charge in [-0.1, -0.05) is 18.2 Å². The zero-order valence-corrected chi connectivity index (χ0v) is 13.3. The van der Waals surface area contributed by atoms with Gasteiger partial charge in [-0.2, -0.15) is 0 Å². The molecule has 2 aromatic rings. The van der Waals surface area contributed by atoms with Crippen molar-refractivity contribution in [2.24, 2.45) is 0 Å². The van der Waals surface area contributed by atoms with Gasteiger partial charge in [0.15, 0.2) is 0 Å². The number of rotatable bonds is 2. The SMILES string of the molecule is O=C(NC1CCSc2ccccc21)c1ccc(Br)s1. The van der Waals surface area contributed by atoms with Crippen molar-refractivity contribution in [3.05, 3.63) is 50.6 Å². The molecule has 1 unspecified atom stereocenters. The van der Waals surface area contributed by atoms with Gasteiger partial charge in [-0.05, 0) is 46.1 Å². The molecule has 2 heterocycles. The van der Waals surface area contributed by atoms with Gasteiger partial charge < -0.3 is 5.32 Å². The van der Waals surface area contributed by atoms with E-state index in [2.05, 4.69) is 33.4 Å². The Labute approximate surface area is 128 Å². The Hall–Kier alpha value is -0.780. The summed E-state index contributed by atoms with van der Waals surface area (Å²) in [5, 5.41) is 3.14. The predicted octanol–water partition coefficient (Wildman–Crippen LogP) is 4.48. The van der Waals surface area contributed by atoms with Crippen LogP contribution in [0.1, 0.15) is 27.7 Å². The molecule has 0 bridgehead atoms. The van der Waals surface area contributed by atoms with Crippen LogP contribution in [0.3, 0.4) is 0 Å². The van der Waals surface area contributed by atoms with Gasteiger partial charge >= 0.3 is 0 Å². The van der Waals surface area contributed by atoms with Crippen molar-refractivity contribution in [2.45, 2.75) is 17.4 Å². The number of amides is 1. The summed E-state index contributed by atoms with van der Waals surface area (Å²) in [4.78, 5) is 14.2. The van der Waals surface area contributed by atoms with Gasteiger partial charge in [-0.3, -0.25) is 4.79 Å². The largest absolute Gasteiger partial charge is 0.344 e. The van der Waals surface area contributed by atoms with E-state index in [1.54, 1.807) is 0 Å². The third-order valence-electron chi connectivity index (χ3n) is 3.06. The minimum Gasteiger partial charge on any atom is -0.344 e. The average molecular weight is 354 g/mol. The van der Waals surface area contributed by atoms with Gasteiger partial charge in [-0.25, -0.2) is 0 Å². The maximum atomic E-state index is 12.2. The summed E-state index contributed by atoms with van der Waals surface area (Å²) in [6.45, 7) is 0. The number of hydrogen-bond donors (Lipinski definition) is 1. The number of benzene rings is 1. The van der Waals surface area contributed by atoms with E-state index in [0.29, 0.717) is 0 Å². The van der Waals surface area contributed by atoms with Crippen LogP contribution < -0.4 is 5.32 Å². The maximum absolute atomic E-state index is 12.2. The van der Waals surface area contributed by atoms with E-state index in [0.717, 1.165) is 20.8 Å². The van der Waals surface area contributed by atoms with Crippen molar-refractivity contribution in [2.75, 3.05) is 5.75 Å². The molecule has 1 atom stereocenters. The summed E-state index contributed by atoms with van der Waals surface area (Å²) in [6, 6.07) is 12.2. The van der Waals surface area contributed by atoms with Crippen LogP contribution >= 0.6 is 39.0 Å². The van der Waals surface area contributed by atoms with Gasteiger partial charge in [-0.15, -0.1) is 23.1 Å². The Morgan fingerprint density at radius 1 is 1.26 bits per heavy atom. The van der Waals surface area contributed by atoms with Crippen molar-refractivity contribution in [3.63, 3.8) is 0 Å². The first-order valence-electron chi connectivity index (χ1n) is 6.02. The maximum Gasteiger partial charge on any atom is 0.261 e. The summed E-state index contributed by atoms with van der Waals surface area (Å²) in [5.74, 6) is 1.07. The lowest BCUT2D eigenvalue weighted by Crippen LogP contribution is -2.30. The summed E-state index contributed by atoms with van der Waals surface area (Å²) < 4.78 is 0.984. The molecule has 0 radical (unpaired) electrons. The highest BCUT2D eigenvalue weighted by Crippen LogP contribution is 2.36. The zero-order chi connectivity index (χ0) is 13.2. The first kappa shape index (κ1) is 13.2. The molecule has 19 heavy (non-hydrogen) atoms. The van der Waals surface area contributed by atoms with Crippen LogP contribution in [0, 0.1) is 0 Å². The second-order valence-electron chi connectivity index (χ2n) is 4.30. The van der Waals surface area contributed by atoms with Crippen LogP contribution in [-0.2, 0) is 0 Å². The first-order valence-corrected chi connectivity index (χ1v) is 8.61. The molecule has 1 aromatic carbocycles. The summed E-state index contributed by atoms with van der Waals surface area (Å²) in [5.41, 5.74) is 1.24. The van der Waals surface area contributed by atoms with E-state index < -0.39 is 0 Å². The second-order valence-corrected chi connectivity index (χ2v) is 7.90. The number of carbonyl (C=O) groups excluding carboxylic acids is 1. The summed E-state index contributed by atoms with van der Waals surface area (Å²) >= 11 is 6.72. The normalized spacial score (nSPS) is 17.8. The molecule has 1 aromatic heterocycles. The lowest BCUT2D eigenvalue weighted by Gasteiger charge is -2.25. The molecule has 2 nitrogen and oxygen atoms in total. The van der Waals surface area contributed by atoms with Crippen molar-refractivity contribution >= 4 is 44.9 Å². The molecule has 1 N–H and O–H groups in total. The van der Waals surface area contributed by atoms with Crippen molar-refractivity contribution < 1.29 is 4.79 Å². The fourth-order valence-corrected chi connectivity index (χ4v) is 4.57. The number of thiophene rings is 1. The smallest absolute Gasteiger partial charge is 0.261 e. The molecule has 0 spiro atoms. The highest BCUT2D eigenvalue weighted by Gasteiger charge is 2.22. The van der Waals surface area contributed by atoms with E-state index in [9.17, 15) is 4.79 Å². The van der Waals surface area contributed by atoms with Crippen molar-refractivity contribution in [1.82, 2.24) is 5.32 Å². The minimum absolute atomic E-state index is 0.0161. The Kier molecular flexibility index (Phi) is 3.96. The molecule has 98 valence electrons. The van der Waals surface area contributed by atoms with Gasteiger partial charge in [0.1, 0.15) is 0 Å². The second kappa shape index (κ2) is 5.69. The highest BCUT2D eigenvalue weighted by atomic mass is 79.9. The molecule has 0 saturated heterocycles. The van der Waals surface area contributed by atoms with Crippen LogP contribution in [0.2, 0.25) is 0 Å². The van der Waals surface area contributed by atoms with Crippen molar-refractivity contribution in [3.8, 4) is 0 Å². The minimum atomic E-state index is 0.0161. The topological polar surface area (TPSA) is 29.1 Å². The Bertz CT molecular complexity index is 611. The Morgan fingerprint density at radius 3 is 2.89 bits per heavy atom. The van der Waals surface area contributed by atoms with E-state index in [1.165, 1.54) is 21.8 Å². The molecular weight excluding hydrogens is 342 g/mol. The van der Waals surface area contributed by atoms with E-state index >= 15 is 0 Å². The predicted molar refractivity (Wildman–Crippen MR) is 84.0 cm³/mol. The summed E-state index contributed by atoms with van der Waals surface area (Å²) in [6.07, 6.45) is 0.986. The third kappa shape index (κ3) is 2.88. The van der Waals surface area contributed by atoms with Gasteiger partial charge in [0.05, 0.1) is 14.7 Å².